The largest absolute Gasteiger partial charge is 0.439 e. The summed E-state index contributed by atoms with van der Waals surface area (Å²) in [5.41, 5.74) is 10.5. The molecule has 3 heteroatoms. The molecule has 0 atom stereocenters. The fourth-order valence-corrected chi connectivity index (χ4v) is 2.69. The molecular formula is C17H20N2O. The molecule has 0 spiro atoms. The SMILES string of the molecule is Cc1cccc(Oc2nc3c(cc2CN)CCCC3)c1. The Labute approximate surface area is 119 Å². The molecule has 0 saturated carbocycles. The van der Waals surface area contributed by atoms with E-state index in [1.54, 1.807) is 0 Å². The number of aromatic nitrogens is 1. The lowest BCUT2D eigenvalue weighted by molar-refractivity contribution is 0.451. The van der Waals surface area contributed by atoms with Crippen molar-refractivity contribution in [2.45, 2.75) is 39.2 Å². The third kappa shape index (κ3) is 2.68. The first kappa shape index (κ1) is 13.1. The summed E-state index contributed by atoms with van der Waals surface area (Å²) in [6, 6.07) is 10.2. The van der Waals surface area contributed by atoms with Gasteiger partial charge in [0, 0.05) is 17.8 Å². The lowest BCUT2D eigenvalue weighted by Crippen LogP contribution is -2.10. The van der Waals surface area contributed by atoms with Gasteiger partial charge in [-0.3, -0.25) is 0 Å². The van der Waals surface area contributed by atoms with Gasteiger partial charge in [0.05, 0.1) is 0 Å². The van der Waals surface area contributed by atoms with Gasteiger partial charge in [0.25, 0.3) is 0 Å². The van der Waals surface area contributed by atoms with Crippen molar-refractivity contribution in [3.63, 3.8) is 0 Å². The number of ether oxygens (including phenoxy) is 1. The average molecular weight is 268 g/mol. The van der Waals surface area contributed by atoms with E-state index in [1.807, 2.05) is 18.2 Å². The highest BCUT2D eigenvalue weighted by Gasteiger charge is 2.15. The Morgan fingerprint density at radius 3 is 2.85 bits per heavy atom. The molecule has 20 heavy (non-hydrogen) atoms. The molecule has 1 aromatic carbocycles. The van der Waals surface area contributed by atoms with Gasteiger partial charge >= 0.3 is 0 Å². The quantitative estimate of drug-likeness (QED) is 0.926. The van der Waals surface area contributed by atoms with Crippen LogP contribution in [0.1, 0.15) is 35.2 Å². The van der Waals surface area contributed by atoms with Crippen LogP contribution in [0.4, 0.5) is 0 Å². The third-order valence-corrected chi connectivity index (χ3v) is 3.76. The van der Waals surface area contributed by atoms with Crippen LogP contribution in [-0.2, 0) is 19.4 Å². The minimum atomic E-state index is 0.460. The maximum atomic E-state index is 5.96. The van der Waals surface area contributed by atoms with E-state index >= 15 is 0 Å². The molecule has 0 fully saturated rings. The molecule has 3 rings (SSSR count). The van der Waals surface area contributed by atoms with Crippen LogP contribution in [0.25, 0.3) is 0 Å². The smallest absolute Gasteiger partial charge is 0.223 e. The van der Waals surface area contributed by atoms with E-state index in [4.69, 9.17) is 15.5 Å². The Morgan fingerprint density at radius 2 is 2.05 bits per heavy atom. The van der Waals surface area contributed by atoms with Crippen molar-refractivity contribution in [1.29, 1.82) is 0 Å². The standard InChI is InChI=1S/C17H20N2O/c1-12-5-4-7-15(9-12)20-17-14(11-18)10-13-6-2-3-8-16(13)19-17/h4-5,7,9-10H,2-3,6,8,11,18H2,1H3. The van der Waals surface area contributed by atoms with E-state index in [1.165, 1.54) is 29.7 Å². The second-order valence-corrected chi connectivity index (χ2v) is 5.39. The summed E-state index contributed by atoms with van der Waals surface area (Å²) in [4.78, 5) is 4.71. The molecule has 2 aromatic rings. The first-order valence-corrected chi connectivity index (χ1v) is 7.22. The van der Waals surface area contributed by atoms with Crippen molar-refractivity contribution >= 4 is 0 Å². The summed E-state index contributed by atoms with van der Waals surface area (Å²) in [5, 5.41) is 0. The normalized spacial score (nSPS) is 13.9. The molecule has 0 aliphatic heterocycles. The number of benzene rings is 1. The third-order valence-electron chi connectivity index (χ3n) is 3.76. The van der Waals surface area contributed by atoms with Crippen LogP contribution in [-0.4, -0.2) is 4.98 Å². The van der Waals surface area contributed by atoms with Gasteiger partial charge < -0.3 is 10.5 Å². The second kappa shape index (κ2) is 5.63. The molecule has 104 valence electrons. The number of nitrogens with zero attached hydrogens (tertiary/aromatic N) is 1. The van der Waals surface area contributed by atoms with Gasteiger partial charge in [-0.05, 0) is 61.9 Å². The van der Waals surface area contributed by atoms with Gasteiger partial charge in [-0.25, -0.2) is 4.98 Å². The molecule has 1 aliphatic rings. The zero-order valence-electron chi connectivity index (χ0n) is 11.9. The van der Waals surface area contributed by atoms with E-state index < -0.39 is 0 Å². The number of fused-ring (bicyclic) bond motifs is 1. The number of hydrogen-bond acceptors (Lipinski definition) is 3. The number of rotatable bonds is 3. The van der Waals surface area contributed by atoms with Gasteiger partial charge in [0.2, 0.25) is 5.88 Å². The molecule has 1 heterocycles. The van der Waals surface area contributed by atoms with Gasteiger partial charge in [-0.1, -0.05) is 12.1 Å². The highest BCUT2D eigenvalue weighted by Crippen LogP contribution is 2.29. The predicted molar refractivity (Wildman–Crippen MR) is 80.0 cm³/mol. The fraction of sp³-hybridized carbons (Fsp3) is 0.353. The minimum absolute atomic E-state index is 0.460. The van der Waals surface area contributed by atoms with E-state index in [2.05, 4.69) is 19.1 Å². The Balaban J connectivity index is 1.95. The van der Waals surface area contributed by atoms with Crippen molar-refractivity contribution < 1.29 is 4.74 Å². The maximum absolute atomic E-state index is 5.96. The van der Waals surface area contributed by atoms with Crippen molar-refractivity contribution in [2.75, 3.05) is 0 Å². The van der Waals surface area contributed by atoms with Crippen LogP contribution in [0, 0.1) is 6.92 Å². The Morgan fingerprint density at radius 1 is 1.20 bits per heavy atom. The summed E-state index contributed by atoms with van der Waals surface area (Å²) in [6.07, 6.45) is 4.62. The molecule has 0 bridgehead atoms. The molecule has 2 N–H and O–H groups in total. The molecule has 1 aliphatic carbocycles. The summed E-state index contributed by atoms with van der Waals surface area (Å²) in [5.74, 6) is 1.49. The minimum Gasteiger partial charge on any atom is -0.439 e. The molecule has 0 amide bonds. The van der Waals surface area contributed by atoms with Crippen molar-refractivity contribution in [3.05, 3.63) is 52.7 Å². The summed E-state index contributed by atoms with van der Waals surface area (Å²) >= 11 is 0. The Hall–Kier alpha value is -1.87. The van der Waals surface area contributed by atoms with Crippen molar-refractivity contribution in [2.24, 2.45) is 5.73 Å². The number of aryl methyl sites for hydroxylation is 3. The van der Waals surface area contributed by atoms with Gasteiger partial charge in [0.15, 0.2) is 0 Å². The Kier molecular flexibility index (Phi) is 3.70. The number of hydrogen-bond donors (Lipinski definition) is 1. The number of pyridine rings is 1. The highest BCUT2D eigenvalue weighted by molar-refractivity contribution is 5.39. The predicted octanol–water partition coefficient (Wildman–Crippen LogP) is 3.52. The summed E-state index contributed by atoms with van der Waals surface area (Å²) < 4.78 is 5.96. The van der Waals surface area contributed by atoms with Crippen molar-refractivity contribution in [3.8, 4) is 11.6 Å². The van der Waals surface area contributed by atoms with E-state index in [0.717, 1.165) is 24.2 Å². The fourth-order valence-electron chi connectivity index (χ4n) is 2.69. The molecule has 1 aromatic heterocycles. The van der Waals surface area contributed by atoms with Crippen LogP contribution in [0.2, 0.25) is 0 Å². The van der Waals surface area contributed by atoms with Gasteiger partial charge in [-0.15, -0.1) is 0 Å². The number of nitrogens with two attached hydrogens (primary N) is 1. The van der Waals surface area contributed by atoms with Crippen LogP contribution < -0.4 is 10.5 Å². The van der Waals surface area contributed by atoms with Crippen LogP contribution in [0.5, 0.6) is 11.6 Å². The lowest BCUT2D eigenvalue weighted by Gasteiger charge is -2.18. The van der Waals surface area contributed by atoms with Crippen LogP contribution in [0.15, 0.2) is 30.3 Å². The van der Waals surface area contributed by atoms with Crippen LogP contribution in [0.3, 0.4) is 0 Å². The van der Waals surface area contributed by atoms with Gasteiger partial charge in [-0.2, -0.15) is 0 Å². The second-order valence-electron chi connectivity index (χ2n) is 5.39. The zero-order chi connectivity index (χ0) is 13.9. The Bertz CT molecular complexity index is 622. The molecule has 3 nitrogen and oxygen atoms in total. The van der Waals surface area contributed by atoms with Crippen LogP contribution >= 0.6 is 0 Å². The monoisotopic (exact) mass is 268 g/mol. The summed E-state index contributed by atoms with van der Waals surface area (Å²) in [7, 11) is 0. The molecule has 0 radical (unpaired) electrons. The lowest BCUT2D eigenvalue weighted by atomic mass is 9.95. The maximum Gasteiger partial charge on any atom is 0.223 e. The zero-order valence-corrected chi connectivity index (χ0v) is 11.9. The topological polar surface area (TPSA) is 48.1 Å². The van der Waals surface area contributed by atoms with Crippen molar-refractivity contribution in [1.82, 2.24) is 4.98 Å². The molecular weight excluding hydrogens is 248 g/mol. The first-order chi connectivity index (χ1) is 9.76. The van der Waals surface area contributed by atoms with E-state index in [0.29, 0.717) is 12.4 Å². The molecule has 0 unspecified atom stereocenters. The highest BCUT2D eigenvalue weighted by atomic mass is 16.5. The molecule has 0 saturated heterocycles. The average Bonchev–Trinajstić information content (AvgIpc) is 2.46. The van der Waals surface area contributed by atoms with E-state index in [-0.39, 0.29) is 0 Å². The van der Waals surface area contributed by atoms with Gasteiger partial charge in [0.1, 0.15) is 5.75 Å². The van der Waals surface area contributed by atoms with E-state index in [9.17, 15) is 0 Å². The summed E-state index contributed by atoms with van der Waals surface area (Å²) in [6.45, 7) is 2.51. The first-order valence-electron chi connectivity index (χ1n) is 7.22.